The van der Waals surface area contributed by atoms with Crippen LogP contribution in [0.5, 0.6) is 0 Å². The first-order valence-corrected chi connectivity index (χ1v) is 13.1. The van der Waals surface area contributed by atoms with Crippen LogP contribution in [-0.2, 0) is 14.8 Å². The number of urea groups is 1. The van der Waals surface area contributed by atoms with Gasteiger partial charge in [-0.25, -0.2) is 17.9 Å². The molecular formula is C23H38N4O4S. The van der Waals surface area contributed by atoms with Crippen molar-refractivity contribution in [2.24, 2.45) is 0 Å². The highest BCUT2D eigenvalue weighted by atomic mass is 32.2. The molecule has 2 aliphatic rings. The summed E-state index contributed by atoms with van der Waals surface area (Å²) in [5, 5.41) is 2.60. The summed E-state index contributed by atoms with van der Waals surface area (Å²) in [7, 11) is -3.30. The molecule has 3 rings (SSSR count). The number of likely N-dealkylation sites (tertiary alicyclic amines) is 1. The van der Waals surface area contributed by atoms with Gasteiger partial charge in [0.1, 0.15) is 0 Å². The summed E-state index contributed by atoms with van der Waals surface area (Å²) in [6.07, 6.45) is 1.60. The van der Waals surface area contributed by atoms with Crippen molar-refractivity contribution in [3.63, 3.8) is 0 Å². The monoisotopic (exact) mass is 466 g/mol. The molecular weight excluding hydrogens is 428 g/mol. The van der Waals surface area contributed by atoms with Gasteiger partial charge in [0.25, 0.3) is 0 Å². The van der Waals surface area contributed by atoms with Gasteiger partial charge in [-0.1, -0.05) is 0 Å². The summed E-state index contributed by atoms with van der Waals surface area (Å²) in [5.74, 6) is 0. The van der Waals surface area contributed by atoms with E-state index in [-0.39, 0.29) is 24.3 Å². The SMILES string of the molecule is Cc1c(NC(=O)N2CCC(NS(=O)(=O)C(C)C)CC2)ccc(N2C[C@@H](C)O[C@@H](C)C2)c1C. The minimum atomic E-state index is -3.30. The van der Waals surface area contributed by atoms with Crippen molar-refractivity contribution >= 4 is 27.4 Å². The molecule has 2 N–H and O–H groups in total. The molecule has 0 bridgehead atoms. The van der Waals surface area contributed by atoms with E-state index >= 15 is 0 Å². The van der Waals surface area contributed by atoms with E-state index in [1.165, 1.54) is 5.69 Å². The number of hydrogen-bond acceptors (Lipinski definition) is 5. The van der Waals surface area contributed by atoms with Crippen LogP contribution in [0.15, 0.2) is 12.1 Å². The van der Waals surface area contributed by atoms with Crippen LogP contribution in [0.4, 0.5) is 16.2 Å². The highest BCUT2D eigenvalue weighted by Crippen LogP contribution is 2.31. The zero-order chi connectivity index (χ0) is 23.6. The highest BCUT2D eigenvalue weighted by Gasteiger charge is 2.28. The van der Waals surface area contributed by atoms with Gasteiger partial charge in [0.15, 0.2) is 0 Å². The molecule has 0 aromatic heterocycles. The van der Waals surface area contributed by atoms with Crippen LogP contribution in [0.2, 0.25) is 0 Å². The molecule has 2 saturated heterocycles. The Morgan fingerprint density at radius 1 is 1.06 bits per heavy atom. The smallest absolute Gasteiger partial charge is 0.321 e. The third kappa shape index (κ3) is 5.74. The number of hydrogen-bond donors (Lipinski definition) is 2. The van der Waals surface area contributed by atoms with Gasteiger partial charge in [-0.2, -0.15) is 0 Å². The Morgan fingerprint density at radius 3 is 2.22 bits per heavy atom. The first-order chi connectivity index (χ1) is 15.0. The van der Waals surface area contributed by atoms with Crippen molar-refractivity contribution in [2.75, 3.05) is 36.4 Å². The molecule has 0 saturated carbocycles. The number of amides is 2. The molecule has 180 valence electrons. The summed E-state index contributed by atoms with van der Waals surface area (Å²) < 4.78 is 32.8. The number of sulfonamides is 1. The molecule has 9 heteroatoms. The molecule has 2 aliphatic heterocycles. The lowest BCUT2D eigenvalue weighted by Crippen LogP contribution is -2.48. The van der Waals surface area contributed by atoms with Gasteiger partial charge in [0.05, 0.1) is 17.5 Å². The van der Waals surface area contributed by atoms with Gasteiger partial charge in [-0.3, -0.25) is 0 Å². The minimum absolute atomic E-state index is 0.118. The van der Waals surface area contributed by atoms with Gasteiger partial charge in [0, 0.05) is 43.6 Å². The van der Waals surface area contributed by atoms with Crippen molar-refractivity contribution in [3.8, 4) is 0 Å². The first-order valence-electron chi connectivity index (χ1n) is 11.6. The van der Waals surface area contributed by atoms with Gasteiger partial charge in [0.2, 0.25) is 10.0 Å². The first kappa shape index (κ1) is 24.8. The van der Waals surface area contributed by atoms with E-state index in [0.29, 0.717) is 25.9 Å². The second-order valence-electron chi connectivity index (χ2n) is 9.45. The Hall–Kier alpha value is -1.84. The van der Waals surface area contributed by atoms with Gasteiger partial charge in [-0.05, 0) is 77.6 Å². The molecule has 0 spiro atoms. The molecule has 0 unspecified atom stereocenters. The van der Waals surface area contributed by atoms with E-state index in [4.69, 9.17) is 4.74 Å². The number of benzene rings is 1. The van der Waals surface area contributed by atoms with E-state index < -0.39 is 15.3 Å². The normalized spacial score (nSPS) is 23.0. The lowest BCUT2D eigenvalue weighted by atomic mass is 10.0. The molecule has 0 radical (unpaired) electrons. The molecule has 2 fully saturated rings. The molecule has 1 aromatic carbocycles. The van der Waals surface area contributed by atoms with Crippen LogP contribution in [0.1, 0.15) is 51.7 Å². The van der Waals surface area contributed by atoms with E-state index in [0.717, 1.165) is 29.9 Å². The van der Waals surface area contributed by atoms with Crippen LogP contribution >= 0.6 is 0 Å². The van der Waals surface area contributed by atoms with Gasteiger partial charge in [-0.15, -0.1) is 0 Å². The molecule has 2 atom stereocenters. The van der Waals surface area contributed by atoms with Gasteiger partial charge >= 0.3 is 6.03 Å². The predicted octanol–water partition coefficient (Wildman–Crippen LogP) is 3.24. The van der Waals surface area contributed by atoms with E-state index in [1.54, 1.807) is 18.7 Å². The van der Waals surface area contributed by atoms with Crippen molar-refractivity contribution in [1.82, 2.24) is 9.62 Å². The number of carbonyl (C=O) groups is 1. The number of nitrogens with one attached hydrogen (secondary N) is 2. The number of morpholine rings is 1. The maximum absolute atomic E-state index is 12.9. The summed E-state index contributed by atoms with van der Waals surface area (Å²) in [6.45, 7) is 14.4. The Bertz CT molecular complexity index is 916. The number of piperidine rings is 1. The second-order valence-corrected chi connectivity index (χ2v) is 11.7. The lowest BCUT2D eigenvalue weighted by Gasteiger charge is -2.38. The van der Waals surface area contributed by atoms with Gasteiger partial charge < -0.3 is 19.9 Å². The molecule has 0 aliphatic carbocycles. The average Bonchev–Trinajstić information content (AvgIpc) is 2.71. The Balaban J connectivity index is 1.61. The lowest BCUT2D eigenvalue weighted by molar-refractivity contribution is -0.00525. The second kappa shape index (κ2) is 9.97. The zero-order valence-electron chi connectivity index (χ0n) is 20.1. The Morgan fingerprint density at radius 2 is 1.66 bits per heavy atom. The van der Waals surface area contributed by atoms with Crippen LogP contribution in [-0.4, -0.2) is 69.0 Å². The zero-order valence-corrected chi connectivity index (χ0v) is 21.0. The summed E-state index contributed by atoms with van der Waals surface area (Å²) in [4.78, 5) is 17.0. The highest BCUT2D eigenvalue weighted by molar-refractivity contribution is 7.90. The number of rotatable bonds is 5. The van der Waals surface area contributed by atoms with E-state index in [1.807, 2.05) is 13.0 Å². The molecule has 2 amide bonds. The topological polar surface area (TPSA) is 91.0 Å². The van der Waals surface area contributed by atoms with E-state index in [9.17, 15) is 13.2 Å². The summed E-state index contributed by atoms with van der Waals surface area (Å²) in [6, 6.07) is 3.80. The predicted molar refractivity (Wildman–Crippen MR) is 129 cm³/mol. The number of carbonyl (C=O) groups excluding carboxylic acids is 1. The molecule has 2 heterocycles. The van der Waals surface area contributed by atoms with Crippen LogP contribution in [0.25, 0.3) is 0 Å². The van der Waals surface area contributed by atoms with Crippen molar-refractivity contribution in [1.29, 1.82) is 0 Å². The standard InChI is InChI=1S/C23H38N4O4S/c1-15(2)32(29,30)25-20-9-11-26(12-10-20)23(28)24-21-7-8-22(19(6)18(21)5)27-13-16(3)31-17(4)14-27/h7-8,15-17,20,25H,9-14H2,1-6H3,(H,24,28)/t16-,17+. The van der Waals surface area contributed by atoms with Crippen LogP contribution < -0.4 is 14.9 Å². The average molecular weight is 467 g/mol. The number of anilines is 2. The third-order valence-electron chi connectivity index (χ3n) is 6.49. The van der Waals surface area contributed by atoms with E-state index in [2.05, 4.69) is 41.8 Å². The summed E-state index contributed by atoms with van der Waals surface area (Å²) >= 11 is 0. The molecule has 8 nitrogen and oxygen atoms in total. The largest absolute Gasteiger partial charge is 0.372 e. The maximum Gasteiger partial charge on any atom is 0.321 e. The fraction of sp³-hybridized carbons (Fsp3) is 0.696. The Labute approximate surface area is 192 Å². The quantitative estimate of drug-likeness (QED) is 0.695. The summed E-state index contributed by atoms with van der Waals surface area (Å²) in [5.41, 5.74) is 4.21. The molecule has 1 aromatic rings. The van der Waals surface area contributed by atoms with Crippen molar-refractivity contribution in [2.45, 2.75) is 77.9 Å². The number of nitrogens with zero attached hydrogens (tertiary/aromatic N) is 2. The minimum Gasteiger partial charge on any atom is -0.372 e. The molecule has 32 heavy (non-hydrogen) atoms. The fourth-order valence-corrected chi connectivity index (χ4v) is 5.39. The van der Waals surface area contributed by atoms with Crippen molar-refractivity contribution in [3.05, 3.63) is 23.3 Å². The Kier molecular flexibility index (Phi) is 7.73. The number of ether oxygens (including phenoxy) is 1. The van der Waals surface area contributed by atoms with Crippen LogP contribution in [0.3, 0.4) is 0 Å². The van der Waals surface area contributed by atoms with Crippen LogP contribution in [0, 0.1) is 13.8 Å². The third-order valence-corrected chi connectivity index (χ3v) is 8.40. The maximum atomic E-state index is 12.9. The van der Waals surface area contributed by atoms with Crippen molar-refractivity contribution < 1.29 is 17.9 Å². The fourth-order valence-electron chi connectivity index (χ4n) is 4.42.